The molecule has 106 valence electrons. The van der Waals surface area contributed by atoms with Gasteiger partial charge in [0.25, 0.3) is 0 Å². The zero-order valence-corrected chi connectivity index (χ0v) is 12.1. The Labute approximate surface area is 121 Å². The van der Waals surface area contributed by atoms with Gasteiger partial charge in [0.2, 0.25) is 5.91 Å². The van der Waals surface area contributed by atoms with Gasteiger partial charge in [-0.15, -0.1) is 0 Å². The van der Waals surface area contributed by atoms with Crippen LogP contribution in [0.2, 0.25) is 0 Å². The molecule has 2 aromatic rings. The molecule has 0 fully saturated rings. The summed E-state index contributed by atoms with van der Waals surface area (Å²) in [5, 5.41) is 4.62. The van der Waals surface area contributed by atoms with E-state index in [1.807, 2.05) is 12.3 Å². The number of thiazole rings is 1. The number of nitrogens with zero attached hydrogens (tertiary/aromatic N) is 1. The number of carbonyl (C=O) groups excluding carboxylic acids is 1. The number of aryl methyl sites for hydroxylation is 1. The Morgan fingerprint density at radius 3 is 2.90 bits per heavy atom. The molecule has 0 bridgehead atoms. The number of anilines is 2. The van der Waals surface area contributed by atoms with Crippen LogP contribution in [0.5, 0.6) is 0 Å². The molecule has 0 saturated heterocycles. The summed E-state index contributed by atoms with van der Waals surface area (Å²) in [5.74, 6) is -0.0727. The van der Waals surface area contributed by atoms with E-state index in [0.29, 0.717) is 30.8 Å². The van der Waals surface area contributed by atoms with Crippen LogP contribution >= 0.6 is 11.3 Å². The van der Waals surface area contributed by atoms with Crippen LogP contribution in [0.25, 0.3) is 0 Å². The number of rotatable bonds is 5. The predicted octanol–water partition coefficient (Wildman–Crippen LogP) is 2.22. The zero-order valence-electron chi connectivity index (χ0n) is 11.3. The molecule has 0 aliphatic heterocycles. The average molecular weight is 291 g/mol. The monoisotopic (exact) mass is 291 g/mol. The van der Waals surface area contributed by atoms with Crippen LogP contribution in [-0.2, 0) is 11.3 Å². The molecule has 20 heavy (non-hydrogen) atoms. The predicted molar refractivity (Wildman–Crippen MR) is 82.0 cm³/mol. The second-order valence-electron chi connectivity index (χ2n) is 4.57. The first-order valence-corrected chi connectivity index (χ1v) is 7.24. The number of nitrogen functional groups attached to an aromatic ring is 1. The van der Waals surface area contributed by atoms with Crippen molar-refractivity contribution in [2.75, 3.05) is 11.1 Å². The van der Waals surface area contributed by atoms with Crippen molar-refractivity contribution in [3.63, 3.8) is 0 Å². The molecule has 1 amide bonds. The molecule has 0 atom stereocenters. The summed E-state index contributed by atoms with van der Waals surface area (Å²) in [4.78, 5) is 23.3. The maximum absolute atomic E-state index is 11.8. The number of aromatic nitrogens is 1. The lowest BCUT2D eigenvalue weighted by atomic mass is 10.2. The van der Waals surface area contributed by atoms with Crippen molar-refractivity contribution >= 4 is 28.6 Å². The highest BCUT2D eigenvalue weighted by atomic mass is 32.1. The summed E-state index contributed by atoms with van der Waals surface area (Å²) in [6, 6.07) is 7.06. The van der Waals surface area contributed by atoms with Gasteiger partial charge < -0.3 is 15.6 Å². The topological polar surface area (TPSA) is 77.1 Å². The van der Waals surface area contributed by atoms with Gasteiger partial charge in [0, 0.05) is 35.4 Å². The van der Waals surface area contributed by atoms with Crippen LogP contribution in [0.15, 0.2) is 34.4 Å². The van der Waals surface area contributed by atoms with Crippen molar-refractivity contribution in [2.45, 2.75) is 26.3 Å². The Balaban J connectivity index is 1.83. The fraction of sp³-hybridized carbons (Fsp3) is 0.286. The normalized spacial score (nSPS) is 10.4. The number of nitrogens with one attached hydrogen (secondary N) is 1. The van der Waals surface area contributed by atoms with Gasteiger partial charge >= 0.3 is 4.87 Å². The quantitative estimate of drug-likeness (QED) is 0.829. The van der Waals surface area contributed by atoms with Crippen molar-refractivity contribution in [3.05, 3.63) is 45.0 Å². The largest absolute Gasteiger partial charge is 0.399 e. The van der Waals surface area contributed by atoms with E-state index in [2.05, 4.69) is 5.32 Å². The third-order valence-corrected chi connectivity index (χ3v) is 3.81. The Morgan fingerprint density at radius 2 is 2.25 bits per heavy atom. The second-order valence-corrected chi connectivity index (χ2v) is 5.39. The lowest BCUT2D eigenvalue weighted by Crippen LogP contribution is -2.17. The third-order valence-electron chi connectivity index (χ3n) is 2.93. The molecule has 0 aliphatic carbocycles. The van der Waals surface area contributed by atoms with Crippen molar-refractivity contribution in [1.82, 2.24) is 4.57 Å². The van der Waals surface area contributed by atoms with Gasteiger partial charge in [-0.1, -0.05) is 17.4 Å². The Morgan fingerprint density at radius 1 is 1.45 bits per heavy atom. The highest BCUT2D eigenvalue weighted by molar-refractivity contribution is 7.07. The molecule has 0 radical (unpaired) electrons. The molecule has 3 N–H and O–H groups in total. The summed E-state index contributed by atoms with van der Waals surface area (Å²) in [6.07, 6.45) is 1.00. The zero-order chi connectivity index (χ0) is 14.5. The van der Waals surface area contributed by atoms with E-state index in [-0.39, 0.29) is 10.8 Å². The molecular formula is C14H17N3O2S. The van der Waals surface area contributed by atoms with E-state index in [9.17, 15) is 9.59 Å². The lowest BCUT2D eigenvalue weighted by molar-refractivity contribution is -0.116. The summed E-state index contributed by atoms with van der Waals surface area (Å²) in [7, 11) is 0. The first-order chi connectivity index (χ1) is 9.56. The second kappa shape index (κ2) is 6.38. The molecule has 1 heterocycles. The fourth-order valence-electron chi connectivity index (χ4n) is 1.91. The van der Waals surface area contributed by atoms with Crippen LogP contribution < -0.4 is 15.9 Å². The van der Waals surface area contributed by atoms with Crippen LogP contribution in [0.3, 0.4) is 0 Å². The van der Waals surface area contributed by atoms with E-state index in [1.165, 1.54) is 11.3 Å². The third kappa shape index (κ3) is 3.71. The minimum atomic E-state index is -0.0727. The van der Waals surface area contributed by atoms with Gasteiger partial charge in [-0.05, 0) is 31.5 Å². The van der Waals surface area contributed by atoms with Crippen LogP contribution in [0.4, 0.5) is 11.4 Å². The standard InChI is InChI=1S/C14H17N3O2S/c1-10-9-20-14(19)17(10)7-3-6-13(18)16-12-5-2-4-11(15)8-12/h2,4-5,8-9H,3,6-7,15H2,1H3,(H,16,18). The Bertz CT molecular complexity index is 660. The van der Waals surface area contributed by atoms with E-state index in [0.717, 1.165) is 5.69 Å². The van der Waals surface area contributed by atoms with E-state index in [4.69, 9.17) is 5.73 Å². The number of benzene rings is 1. The minimum Gasteiger partial charge on any atom is -0.399 e. The summed E-state index contributed by atoms with van der Waals surface area (Å²) in [5.41, 5.74) is 7.89. The molecule has 0 aliphatic rings. The van der Waals surface area contributed by atoms with Crippen molar-refractivity contribution in [1.29, 1.82) is 0 Å². The van der Waals surface area contributed by atoms with Gasteiger partial charge in [0.05, 0.1) is 0 Å². The molecule has 1 aromatic heterocycles. The SMILES string of the molecule is Cc1csc(=O)n1CCCC(=O)Nc1cccc(N)c1. The number of carbonyl (C=O) groups is 1. The van der Waals surface area contributed by atoms with Crippen molar-refractivity contribution in [3.8, 4) is 0 Å². The lowest BCUT2D eigenvalue weighted by Gasteiger charge is -2.07. The smallest absolute Gasteiger partial charge is 0.307 e. The van der Waals surface area contributed by atoms with Crippen LogP contribution in [-0.4, -0.2) is 10.5 Å². The molecule has 0 spiro atoms. The number of hydrogen-bond acceptors (Lipinski definition) is 4. The van der Waals surface area contributed by atoms with E-state index < -0.39 is 0 Å². The number of hydrogen-bond donors (Lipinski definition) is 2. The highest BCUT2D eigenvalue weighted by Crippen LogP contribution is 2.12. The van der Waals surface area contributed by atoms with Crippen LogP contribution in [0, 0.1) is 6.92 Å². The van der Waals surface area contributed by atoms with Gasteiger partial charge in [0.1, 0.15) is 0 Å². The van der Waals surface area contributed by atoms with E-state index >= 15 is 0 Å². The van der Waals surface area contributed by atoms with Crippen molar-refractivity contribution in [2.24, 2.45) is 0 Å². The Hall–Kier alpha value is -2.08. The summed E-state index contributed by atoms with van der Waals surface area (Å²) >= 11 is 1.19. The van der Waals surface area contributed by atoms with Crippen LogP contribution in [0.1, 0.15) is 18.5 Å². The fourth-order valence-corrected chi connectivity index (χ4v) is 2.67. The van der Waals surface area contributed by atoms with Gasteiger partial charge in [-0.3, -0.25) is 9.59 Å². The van der Waals surface area contributed by atoms with E-state index in [1.54, 1.807) is 28.8 Å². The summed E-state index contributed by atoms with van der Waals surface area (Å²) < 4.78 is 1.69. The first kappa shape index (κ1) is 14.3. The molecule has 1 aromatic carbocycles. The summed E-state index contributed by atoms with van der Waals surface area (Å²) in [6.45, 7) is 2.46. The van der Waals surface area contributed by atoms with Gasteiger partial charge in [-0.2, -0.15) is 0 Å². The van der Waals surface area contributed by atoms with Gasteiger partial charge in [-0.25, -0.2) is 0 Å². The molecule has 0 saturated carbocycles. The minimum absolute atomic E-state index is 0.0266. The molecule has 2 rings (SSSR count). The molecule has 5 nitrogen and oxygen atoms in total. The van der Waals surface area contributed by atoms with Crippen molar-refractivity contribution < 1.29 is 4.79 Å². The molecular weight excluding hydrogens is 274 g/mol. The molecule has 0 unspecified atom stereocenters. The maximum Gasteiger partial charge on any atom is 0.307 e. The maximum atomic E-state index is 11.8. The molecule has 6 heteroatoms. The highest BCUT2D eigenvalue weighted by Gasteiger charge is 2.05. The average Bonchev–Trinajstić information content (AvgIpc) is 2.70. The first-order valence-electron chi connectivity index (χ1n) is 6.36. The Kier molecular flexibility index (Phi) is 4.57. The van der Waals surface area contributed by atoms with Gasteiger partial charge in [0.15, 0.2) is 0 Å². The number of nitrogens with two attached hydrogens (primary N) is 1. The number of amides is 1.